The van der Waals surface area contributed by atoms with Crippen LogP contribution in [0.4, 0.5) is 0 Å². The number of terminal acetylenes is 1. The van der Waals surface area contributed by atoms with Crippen molar-refractivity contribution in [3.8, 4) is 24.2 Å². The number of aromatic nitrogens is 1. The molecule has 1 heterocycles. The Bertz CT molecular complexity index is 563. The Labute approximate surface area is 95.2 Å². The van der Waals surface area contributed by atoms with Gasteiger partial charge in [0.1, 0.15) is 5.69 Å². The van der Waals surface area contributed by atoms with Crippen LogP contribution in [0.1, 0.15) is 16.8 Å². The Hall–Kier alpha value is -2.51. The molecule has 74 valence electrons. The molecule has 2 aromatic rings. The highest BCUT2D eigenvalue weighted by atomic mass is 14.6. The average Bonchev–Trinajstić information content (AvgIpc) is 2.38. The highest BCUT2D eigenvalue weighted by Crippen LogP contribution is 2.01. The van der Waals surface area contributed by atoms with Crippen LogP contribution in [0.15, 0.2) is 48.7 Å². The van der Waals surface area contributed by atoms with Gasteiger partial charge in [-0.1, -0.05) is 17.9 Å². The second kappa shape index (κ2) is 4.82. The summed E-state index contributed by atoms with van der Waals surface area (Å²) in [6, 6.07) is 13.2. The smallest absolute Gasteiger partial charge is 0.113 e. The fourth-order valence-corrected chi connectivity index (χ4v) is 1.22. The van der Waals surface area contributed by atoms with Crippen molar-refractivity contribution < 1.29 is 0 Å². The Morgan fingerprint density at radius 2 is 1.62 bits per heavy atom. The second-order valence-electron chi connectivity index (χ2n) is 3.19. The first-order chi connectivity index (χ1) is 7.88. The molecule has 2 rings (SSSR count). The minimum atomic E-state index is 0.767. The van der Waals surface area contributed by atoms with Crippen LogP contribution >= 0.6 is 0 Å². The number of pyridine rings is 1. The van der Waals surface area contributed by atoms with Gasteiger partial charge in [0.05, 0.1) is 0 Å². The van der Waals surface area contributed by atoms with Crippen LogP contribution in [0.5, 0.6) is 0 Å². The highest BCUT2D eigenvalue weighted by Gasteiger charge is 1.88. The lowest BCUT2D eigenvalue weighted by Gasteiger charge is -1.91. The van der Waals surface area contributed by atoms with Gasteiger partial charge in [0.25, 0.3) is 0 Å². The maximum absolute atomic E-state index is 5.27. The molecular formula is C15H9N. The van der Waals surface area contributed by atoms with Gasteiger partial charge in [-0.25, -0.2) is 4.98 Å². The highest BCUT2D eigenvalue weighted by molar-refractivity contribution is 5.43. The summed E-state index contributed by atoms with van der Waals surface area (Å²) in [6.45, 7) is 0. The Morgan fingerprint density at radius 3 is 2.25 bits per heavy atom. The van der Waals surface area contributed by atoms with Crippen molar-refractivity contribution in [2.24, 2.45) is 0 Å². The van der Waals surface area contributed by atoms with E-state index in [1.165, 1.54) is 0 Å². The van der Waals surface area contributed by atoms with Crippen molar-refractivity contribution >= 4 is 0 Å². The fourth-order valence-electron chi connectivity index (χ4n) is 1.22. The molecule has 0 amide bonds. The fraction of sp³-hybridized carbons (Fsp3) is 0. The van der Waals surface area contributed by atoms with Gasteiger partial charge >= 0.3 is 0 Å². The van der Waals surface area contributed by atoms with Gasteiger partial charge in [0, 0.05) is 17.3 Å². The summed E-state index contributed by atoms with van der Waals surface area (Å²) in [5.41, 5.74) is 2.57. The van der Waals surface area contributed by atoms with Crippen LogP contribution in [0, 0.1) is 24.2 Å². The average molecular weight is 203 g/mol. The predicted molar refractivity (Wildman–Crippen MR) is 64.6 cm³/mol. The second-order valence-corrected chi connectivity index (χ2v) is 3.19. The molecule has 0 radical (unpaired) electrons. The molecule has 0 aliphatic rings. The van der Waals surface area contributed by atoms with Crippen molar-refractivity contribution in [1.82, 2.24) is 4.98 Å². The topological polar surface area (TPSA) is 12.9 Å². The van der Waals surface area contributed by atoms with Crippen LogP contribution < -0.4 is 0 Å². The third-order valence-corrected chi connectivity index (χ3v) is 2.05. The first-order valence-corrected chi connectivity index (χ1v) is 4.88. The van der Waals surface area contributed by atoms with E-state index in [0.717, 1.165) is 16.8 Å². The molecule has 1 aromatic heterocycles. The lowest BCUT2D eigenvalue weighted by molar-refractivity contribution is 1.29. The van der Waals surface area contributed by atoms with E-state index in [-0.39, 0.29) is 0 Å². The van der Waals surface area contributed by atoms with E-state index >= 15 is 0 Å². The summed E-state index contributed by atoms with van der Waals surface area (Å²) in [6.07, 6.45) is 7.00. The van der Waals surface area contributed by atoms with Gasteiger partial charge in [-0.3, -0.25) is 0 Å². The molecular weight excluding hydrogens is 194 g/mol. The lowest BCUT2D eigenvalue weighted by atomic mass is 10.1. The molecule has 0 fully saturated rings. The predicted octanol–water partition coefficient (Wildman–Crippen LogP) is 2.46. The molecule has 0 unspecified atom stereocenters. The number of benzene rings is 1. The Kier molecular flexibility index (Phi) is 3.02. The van der Waals surface area contributed by atoms with Crippen LogP contribution in [-0.4, -0.2) is 4.98 Å². The van der Waals surface area contributed by atoms with Crippen molar-refractivity contribution in [2.75, 3.05) is 0 Å². The van der Waals surface area contributed by atoms with Crippen molar-refractivity contribution in [2.45, 2.75) is 0 Å². The van der Waals surface area contributed by atoms with Gasteiger partial charge < -0.3 is 0 Å². The monoisotopic (exact) mass is 203 g/mol. The van der Waals surface area contributed by atoms with Crippen molar-refractivity contribution in [3.05, 3.63) is 65.5 Å². The third kappa shape index (κ3) is 2.50. The number of rotatable bonds is 0. The largest absolute Gasteiger partial charge is 0.248 e. The minimum absolute atomic E-state index is 0.767. The van der Waals surface area contributed by atoms with E-state index in [4.69, 9.17) is 6.42 Å². The normalized spacial score (nSPS) is 8.69. The van der Waals surface area contributed by atoms with Gasteiger partial charge in [-0.15, -0.1) is 6.42 Å². The number of hydrogen-bond donors (Lipinski definition) is 0. The number of hydrogen-bond acceptors (Lipinski definition) is 1. The van der Waals surface area contributed by atoms with Crippen molar-refractivity contribution in [1.29, 1.82) is 0 Å². The summed E-state index contributed by atoms with van der Waals surface area (Å²) < 4.78 is 0. The zero-order valence-electron chi connectivity index (χ0n) is 8.64. The zero-order chi connectivity index (χ0) is 11.2. The summed E-state index contributed by atoms with van der Waals surface area (Å²) in [5, 5.41) is 0. The molecule has 1 aromatic carbocycles. The van der Waals surface area contributed by atoms with Crippen LogP contribution in [0.2, 0.25) is 0 Å². The summed E-state index contributed by atoms with van der Waals surface area (Å²) >= 11 is 0. The molecule has 0 atom stereocenters. The van der Waals surface area contributed by atoms with Crippen molar-refractivity contribution in [3.63, 3.8) is 0 Å². The summed E-state index contributed by atoms with van der Waals surface area (Å²) in [4.78, 5) is 4.12. The molecule has 0 saturated carbocycles. The van der Waals surface area contributed by atoms with E-state index in [1.54, 1.807) is 6.20 Å². The summed E-state index contributed by atoms with van der Waals surface area (Å²) in [7, 11) is 0. The van der Waals surface area contributed by atoms with Gasteiger partial charge in [0.15, 0.2) is 0 Å². The Morgan fingerprint density at radius 1 is 0.875 bits per heavy atom. The van der Waals surface area contributed by atoms with E-state index in [1.807, 2.05) is 42.5 Å². The molecule has 0 bridgehead atoms. The van der Waals surface area contributed by atoms with E-state index in [9.17, 15) is 0 Å². The maximum atomic E-state index is 5.27. The zero-order valence-corrected chi connectivity index (χ0v) is 8.64. The van der Waals surface area contributed by atoms with Gasteiger partial charge in [-0.2, -0.15) is 0 Å². The maximum Gasteiger partial charge on any atom is 0.113 e. The van der Waals surface area contributed by atoms with E-state index in [2.05, 4.69) is 22.7 Å². The van der Waals surface area contributed by atoms with Crippen LogP contribution in [-0.2, 0) is 0 Å². The van der Waals surface area contributed by atoms with Crippen LogP contribution in [0.3, 0.4) is 0 Å². The molecule has 0 N–H and O–H groups in total. The molecule has 0 aliphatic carbocycles. The first kappa shape index (κ1) is 10.0. The quantitative estimate of drug-likeness (QED) is 0.599. The van der Waals surface area contributed by atoms with Gasteiger partial charge in [0.2, 0.25) is 0 Å². The van der Waals surface area contributed by atoms with Gasteiger partial charge in [-0.05, 0) is 42.3 Å². The Balaban J connectivity index is 2.22. The molecule has 1 heteroatoms. The van der Waals surface area contributed by atoms with Crippen LogP contribution in [0.25, 0.3) is 0 Å². The molecule has 1 nitrogen and oxygen atoms in total. The standard InChI is InChI=1S/C15H9N/c1-2-13-6-8-14(9-7-13)10-11-15-5-3-4-12-16-15/h1,3-9,12H. The first-order valence-electron chi connectivity index (χ1n) is 4.88. The molecule has 0 aliphatic heterocycles. The SMILES string of the molecule is C#Cc1ccc(C#Cc2ccccn2)cc1. The third-order valence-electron chi connectivity index (χ3n) is 2.05. The van der Waals surface area contributed by atoms with E-state index < -0.39 is 0 Å². The lowest BCUT2D eigenvalue weighted by Crippen LogP contribution is -1.80. The molecule has 16 heavy (non-hydrogen) atoms. The number of nitrogens with zero attached hydrogens (tertiary/aromatic N) is 1. The molecule has 0 saturated heterocycles. The summed E-state index contributed by atoms with van der Waals surface area (Å²) in [5.74, 6) is 8.58. The molecule has 0 spiro atoms. The minimum Gasteiger partial charge on any atom is -0.248 e. The van der Waals surface area contributed by atoms with E-state index in [0.29, 0.717) is 0 Å².